The van der Waals surface area contributed by atoms with Crippen LogP contribution in [0.25, 0.3) is 0 Å². The molecule has 0 aliphatic carbocycles. The van der Waals surface area contributed by atoms with Crippen LogP contribution in [0, 0.1) is 10.7 Å². The SMILES string of the molecule is CNC(=O)C(=O)Nc1ccc(SC#N)cc1. The highest BCUT2D eigenvalue weighted by Crippen LogP contribution is 2.18. The molecule has 0 radical (unpaired) electrons. The van der Waals surface area contributed by atoms with Gasteiger partial charge in [-0.2, -0.15) is 5.26 Å². The first kappa shape index (κ1) is 12.1. The number of anilines is 1. The topological polar surface area (TPSA) is 82.0 Å². The van der Waals surface area contributed by atoms with Gasteiger partial charge in [0.15, 0.2) is 0 Å². The number of hydrogen-bond acceptors (Lipinski definition) is 4. The maximum atomic E-state index is 11.2. The van der Waals surface area contributed by atoms with Gasteiger partial charge < -0.3 is 10.6 Å². The number of rotatable bonds is 2. The molecule has 0 fully saturated rings. The van der Waals surface area contributed by atoms with Gasteiger partial charge >= 0.3 is 11.8 Å². The maximum Gasteiger partial charge on any atom is 0.313 e. The summed E-state index contributed by atoms with van der Waals surface area (Å²) < 4.78 is 0. The first-order valence-corrected chi connectivity index (χ1v) is 5.18. The number of thioether (sulfide) groups is 1. The first-order chi connectivity index (χ1) is 7.67. The molecule has 0 aliphatic heterocycles. The molecule has 2 N–H and O–H groups in total. The normalized spacial score (nSPS) is 9.00. The van der Waals surface area contributed by atoms with E-state index in [4.69, 9.17) is 5.26 Å². The van der Waals surface area contributed by atoms with Gasteiger partial charge in [0, 0.05) is 17.6 Å². The smallest absolute Gasteiger partial charge is 0.313 e. The molecule has 16 heavy (non-hydrogen) atoms. The van der Waals surface area contributed by atoms with Crippen LogP contribution < -0.4 is 10.6 Å². The molecule has 0 aromatic heterocycles. The molecular weight excluding hydrogens is 226 g/mol. The van der Waals surface area contributed by atoms with E-state index in [-0.39, 0.29) is 0 Å². The van der Waals surface area contributed by atoms with Crippen LogP contribution in [0.4, 0.5) is 5.69 Å². The number of carbonyl (C=O) groups is 2. The van der Waals surface area contributed by atoms with Crippen molar-refractivity contribution in [2.75, 3.05) is 12.4 Å². The van der Waals surface area contributed by atoms with Crippen molar-refractivity contribution in [3.63, 3.8) is 0 Å². The molecule has 82 valence electrons. The Kier molecular flexibility index (Phi) is 4.36. The zero-order chi connectivity index (χ0) is 12.0. The second-order valence-electron chi connectivity index (χ2n) is 2.75. The summed E-state index contributed by atoms with van der Waals surface area (Å²) in [5, 5.41) is 15.0. The fourth-order valence-electron chi connectivity index (χ4n) is 0.960. The second-order valence-corrected chi connectivity index (χ2v) is 3.61. The van der Waals surface area contributed by atoms with Crippen LogP contribution >= 0.6 is 11.8 Å². The zero-order valence-electron chi connectivity index (χ0n) is 8.48. The molecule has 0 saturated carbocycles. The molecule has 0 spiro atoms. The van der Waals surface area contributed by atoms with Gasteiger partial charge in [0.05, 0.1) is 0 Å². The highest BCUT2D eigenvalue weighted by Gasteiger charge is 2.10. The van der Waals surface area contributed by atoms with Crippen molar-refractivity contribution >= 4 is 29.3 Å². The summed E-state index contributed by atoms with van der Waals surface area (Å²) in [7, 11) is 1.38. The minimum Gasteiger partial charge on any atom is -0.351 e. The summed E-state index contributed by atoms with van der Waals surface area (Å²) in [6.07, 6.45) is 0. The Morgan fingerprint density at radius 1 is 1.25 bits per heavy atom. The van der Waals surface area contributed by atoms with E-state index in [1.807, 2.05) is 5.40 Å². The Balaban J connectivity index is 2.66. The summed E-state index contributed by atoms with van der Waals surface area (Å²) in [4.78, 5) is 22.9. The molecule has 0 bridgehead atoms. The number of hydrogen-bond donors (Lipinski definition) is 2. The molecule has 1 rings (SSSR count). The number of carbonyl (C=O) groups excluding carboxylic acids is 2. The second kappa shape index (κ2) is 5.78. The third-order valence-corrected chi connectivity index (χ3v) is 2.31. The highest BCUT2D eigenvalue weighted by atomic mass is 32.2. The van der Waals surface area contributed by atoms with Crippen LogP contribution in [0.15, 0.2) is 29.2 Å². The number of nitrogens with zero attached hydrogens (tertiary/aromatic N) is 1. The lowest BCUT2D eigenvalue weighted by Gasteiger charge is -2.03. The Bertz CT molecular complexity index is 436. The van der Waals surface area contributed by atoms with E-state index in [9.17, 15) is 9.59 Å². The lowest BCUT2D eigenvalue weighted by Crippen LogP contribution is -2.32. The number of nitrogens with one attached hydrogen (secondary N) is 2. The average Bonchev–Trinajstić information content (AvgIpc) is 2.31. The minimum absolute atomic E-state index is 0.510. The van der Waals surface area contributed by atoms with Crippen LogP contribution in [0.5, 0.6) is 0 Å². The van der Waals surface area contributed by atoms with Gasteiger partial charge in [0.1, 0.15) is 5.40 Å². The van der Waals surface area contributed by atoms with Crippen molar-refractivity contribution in [1.82, 2.24) is 5.32 Å². The maximum absolute atomic E-state index is 11.2. The van der Waals surface area contributed by atoms with Crippen molar-refractivity contribution in [3.8, 4) is 5.40 Å². The van der Waals surface area contributed by atoms with Gasteiger partial charge in [-0.3, -0.25) is 9.59 Å². The van der Waals surface area contributed by atoms with E-state index in [0.29, 0.717) is 5.69 Å². The monoisotopic (exact) mass is 235 g/mol. The number of likely N-dealkylation sites (N-methyl/N-ethyl adjacent to an activating group) is 1. The third-order valence-electron chi connectivity index (χ3n) is 1.71. The standard InChI is InChI=1S/C10H9N3O2S/c1-12-9(14)10(15)13-7-2-4-8(5-3-7)16-6-11/h2-5H,1H3,(H,12,14)(H,13,15). The predicted octanol–water partition coefficient (Wildman–Crippen LogP) is 0.944. The van der Waals surface area contributed by atoms with Gasteiger partial charge in [-0.15, -0.1) is 0 Å². The number of nitriles is 1. The summed E-state index contributed by atoms with van der Waals surface area (Å²) >= 11 is 1.03. The largest absolute Gasteiger partial charge is 0.351 e. The van der Waals surface area contributed by atoms with E-state index < -0.39 is 11.8 Å². The van der Waals surface area contributed by atoms with Gasteiger partial charge in [0.25, 0.3) is 0 Å². The molecule has 1 aromatic rings. The Hall–Kier alpha value is -2.00. The summed E-state index contributed by atoms with van der Waals surface area (Å²) in [5.74, 6) is -1.42. The molecule has 5 nitrogen and oxygen atoms in total. The first-order valence-electron chi connectivity index (χ1n) is 4.36. The van der Waals surface area contributed by atoms with E-state index >= 15 is 0 Å². The van der Waals surface area contributed by atoms with Gasteiger partial charge in [-0.1, -0.05) is 0 Å². The lowest BCUT2D eigenvalue weighted by atomic mass is 10.3. The predicted molar refractivity (Wildman–Crippen MR) is 60.6 cm³/mol. The van der Waals surface area contributed by atoms with Crippen LogP contribution in [-0.4, -0.2) is 18.9 Å². The fraction of sp³-hybridized carbons (Fsp3) is 0.100. The molecular formula is C10H9N3O2S. The molecule has 2 amide bonds. The Labute approximate surface area is 96.8 Å². The summed E-state index contributed by atoms with van der Waals surface area (Å²) in [6, 6.07) is 6.63. The van der Waals surface area contributed by atoms with Crippen LogP contribution in [0.3, 0.4) is 0 Å². The van der Waals surface area contributed by atoms with Crippen LogP contribution in [-0.2, 0) is 9.59 Å². The molecule has 0 aliphatic rings. The molecule has 0 atom stereocenters. The van der Waals surface area contributed by atoms with Crippen molar-refractivity contribution in [2.24, 2.45) is 0 Å². The Morgan fingerprint density at radius 3 is 2.38 bits per heavy atom. The van der Waals surface area contributed by atoms with E-state index in [1.165, 1.54) is 7.05 Å². The van der Waals surface area contributed by atoms with Crippen LogP contribution in [0.2, 0.25) is 0 Å². The van der Waals surface area contributed by atoms with Gasteiger partial charge in [0.2, 0.25) is 0 Å². The number of amides is 2. The molecule has 0 unspecified atom stereocenters. The Morgan fingerprint density at radius 2 is 1.88 bits per heavy atom. The molecule has 0 saturated heterocycles. The quantitative estimate of drug-likeness (QED) is 0.454. The molecule has 0 heterocycles. The number of benzene rings is 1. The fourth-order valence-corrected chi connectivity index (χ4v) is 1.34. The zero-order valence-corrected chi connectivity index (χ0v) is 9.30. The average molecular weight is 235 g/mol. The number of thiocyanates is 1. The van der Waals surface area contributed by atoms with Crippen molar-refractivity contribution < 1.29 is 9.59 Å². The van der Waals surface area contributed by atoms with Gasteiger partial charge in [-0.25, -0.2) is 0 Å². The van der Waals surface area contributed by atoms with E-state index in [0.717, 1.165) is 16.7 Å². The van der Waals surface area contributed by atoms with Crippen molar-refractivity contribution in [2.45, 2.75) is 4.90 Å². The summed E-state index contributed by atoms with van der Waals surface area (Å²) in [6.45, 7) is 0. The van der Waals surface area contributed by atoms with Gasteiger partial charge in [-0.05, 0) is 36.0 Å². The highest BCUT2D eigenvalue weighted by molar-refractivity contribution is 8.03. The van der Waals surface area contributed by atoms with Crippen LogP contribution in [0.1, 0.15) is 0 Å². The third kappa shape index (κ3) is 3.29. The lowest BCUT2D eigenvalue weighted by molar-refractivity contribution is -0.135. The van der Waals surface area contributed by atoms with Crippen molar-refractivity contribution in [3.05, 3.63) is 24.3 Å². The molecule has 6 heteroatoms. The van der Waals surface area contributed by atoms with E-state index in [2.05, 4.69) is 10.6 Å². The van der Waals surface area contributed by atoms with E-state index in [1.54, 1.807) is 24.3 Å². The van der Waals surface area contributed by atoms with Crippen molar-refractivity contribution in [1.29, 1.82) is 5.26 Å². The molecule has 1 aromatic carbocycles. The minimum atomic E-state index is -0.719. The summed E-state index contributed by atoms with van der Waals surface area (Å²) in [5.41, 5.74) is 0.510.